The van der Waals surface area contributed by atoms with Crippen LogP contribution in [0, 0.1) is 0 Å². The van der Waals surface area contributed by atoms with Gasteiger partial charge in [-0.05, 0) is 25.8 Å². The molecule has 1 N–H and O–H groups in total. The zero-order valence-electron chi connectivity index (χ0n) is 26.5. The van der Waals surface area contributed by atoms with Crippen molar-refractivity contribution < 1.29 is 97.1 Å². The number of ether oxygens (including phenoxy) is 2. The van der Waals surface area contributed by atoms with Gasteiger partial charge in [0, 0.05) is 13.0 Å². The second-order valence-corrected chi connectivity index (χ2v) is 11.6. The third kappa shape index (κ3) is 39.0. The van der Waals surface area contributed by atoms with Crippen LogP contribution < -0.4 is 74.2 Å². The molecule has 0 aromatic rings. The van der Waals surface area contributed by atoms with Gasteiger partial charge in [0.25, 0.3) is 6.47 Å². The standard InChI is InChI=1S/C29H58NO8P.2Na/c1-2-3-4-5-6-13-16-19-22-29(32)38-28(26-37-39(33,34)35)25-30-23-20-17-14-11-9-7-8-10-12-15-18-21-24-36-27-31;;/h27-28,30H,2-26H2,1H3,(H2,33,34,35);;/q;2*+1/p-2/t28-;;/m0../s1. The van der Waals surface area contributed by atoms with Crippen molar-refractivity contribution in [2.75, 3.05) is 26.3 Å². The van der Waals surface area contributed by atoms with Gasteiger partial charge < -0.3 is 33.7 Å². The number of unbranched alkanes of at least 4 members (excludes halogenated alkanes) is 18. The number of hydrogen-bond acceptors (Lipinski definition) is 9. The van der Waals surface area contributed by atoms with Gasteiger partial charge in [-0.15, -0.1) is 0 Å². The van der Waals surface area contributed by atoms with E-state index in [4.69, 9.17) is 4.74 Å². The van der Waals surface area contributed by atoms with Crippen molar-refractivity contribution in [3.63, 3.8) is 0 Å². The van der Waals surface area contributed by atoms with Gasteiger partial charge in [-0.1, -0.05) is 116 Å². The molecule has 0 saturated heterocycles. The Morgan fingerprint density at radius 2 is 1.22 bits per heavy atom. The van der Waals surface area contributed by atoms with E-state index in [-0.39, 0.29) is 78.0 Å². The Bertz CT molecular complexity index is 613. The van der Waals surface area contributed by atoms with Gasteiger partial charge in [0.1, 0.15) is 6.10 Å². The molecule has 0 radical (unpaired) electrons. The number of phosphoric ester groups is 1. The zero-order valence-corrected chi connectivity index (χ0v) is 31.4. The first-order valence-electron chi connectivity index (χ1n) is 15.5. The van der Waals surface area contributed by atoms with Gasteiger partial charge in [0.15, 0.2) is 0 Å². The summed E-state index contributed by atoms with van der Waals surface area (Å²) in [4.78, 5) is 44.0. The van der Waals surface area contributed by atoms with Crippen LogP contribution in [0.25, 0.3) is 0 Å². The molecule has 0 fully saturated rings. The van der Waals surface area contributed by atoms with E-state index in [0.29, 0.717) is 13.1 Å². The van der Waals surface area contributed by atoms with Gasteiger partial charge in [0.2, 0.25) is 0 Å². The molecule has 0 saturated carbocycles. The third-order valence-corrected chi connectivity index (χ3v) is 7.22. The Kier molecular flexibility index (Phi) is 40.2. The Hall–Kier alpha value is 1.01. The van der Waals surface area contributed by atoms with E-state index in [9.17, 15) is 23.9 Å². The maximum atomic E-state index is 12.2. The molecule has 0 aliphatic heterocycles. The fourth-order valence-corrected chi connectivity index (χ4v) is 4.82. The minimum Gasteiger partial charge on any atom is -0.790 e. The molecular weight excluding hydrogens is 567 g/mol. The number of hydrogen-bond donors (Lipinski definition) is 1. The molecule has 0 unspecified atom stereocenters. The third-order valence-electron chi connectivity index (χ3n) is 6.76. The normalized spacial score (nSPS) is 11.8. The van der Waals surface area contributed by atoms with E-state index in [0.717, 1.165) is 51.5 Å². The summed E-state index contributed by atoms with van der Waals surface area (Å²) in [6.07, 6.45) is 22.5. The van der Waals surface area contributed by atoms with Crippen molar-refractivity contribution in [2.45, 2.75) is 148 Å². The Balaban J connectivity index is -0.00000722. The molecule has 41 heavy (non-hydrogen) atoms. The van der Waals surface area contributed by atoms with Crippen LogP contribution in [0.2, 0.25) is 0 Å². The van der Waals surface area contributed by atoms with Crippen molar-refractivity contribution in [3.8, 4) is 0 Å². The number of carbonyl (C=O) groups is 2. The van der Waals surface area contributed by atoms with E-state index in [1.54, 1.807) is 0 Å². The van der Waals surface area contributed by atoms with Gasteiger partial charge in [-0.2, -0.15) is 0 Å². The summed E-state index contributed by atoms with van der Waals surface area (Å²) >= 11 is 0. The maximum Gasteiger partial charge on any atom is 1.00 e. The Morgan fingerprint density at radius 1 is 0.756 bits per heavy atom. The van der Waals surface area contributed by atoms with Crippen molar-refractivity contribution in [1.82, 2.24) is 5.32 Å². The summed E-state index contributed by atoms with van der Waals surface area (Å²) in [5.41, 5.74) is 0. The molecule has 0 rings (SSSR count). The molecule has 0 aliphatic rings. The van der Waals surface area contributed by atoms with Crippen LogP contribution in [0.5, 0.6) is 0 Å². The Morgan fingerprint density at radius 3 is 1.71 bits per heavy atom. The molecule has 12 heteroatoms. The molecule has 0 amide bonds. The predicted molar refractivity (Wildman–Crippen MR) is 151 cm³/mol. The van der Waals surface area contributed by atoms with E-state index in [2.05, 4.69) is 21.5 Å². The molecular formula is C29H56NNa2O8P. The summed E-state index contributed by atoms with van der Waals surface area (Å²) < 4.78 is 25.3. The SMILES string of the molecule is CCCCCCCCCCC(=O)O[C@@H](CNCCCCCCCCCCCCCCOC=O)COP(=O)([O-])[O-].[Na+].[Na+]. The molecule has 0 aromatic carbocycles. The maximum absolute atomic E-state index is 12.2. The first-order valence-corrected chi connectivity index (χ1v) is 17.0. The van der Waals surface area contributed by atoms with Crippen molar-refractivity contribution in [2.24, 2.45) is 0 Å². The largest absolute Gasteiger partial charge is 1.00 e. The summed E-state index contributed by atoms with van der Waals surface area (Å²) in [5, 5.41) is 3.20. The average molecular weight is 624 g/mol. The quantitative estimate of drug-likeness (QED) is 0.0364. The first kappa shape index (κ1) is 46.4. The average Bonchev–Trinajstić information content (AvgIpc) is 2.90. The number of nitrogens with one attached hydrogen (secondary N) is 1. The van der Waals surface area contributed by atoms with Crippen LogP contribution in [0.15, 0.2) is 0 Å². The Labute approximate surface area is 294 Å². The van der Waals surface area contributed by atoms with Crippen molar-refractivity contribution in [3.05, 3.63) is 0 Å². The molecule has 9 nitrogen and oxygen atoms in total. The molecule has 0 spiro atoms. The van der Waals surface area contributed by atoms with E-state index in [1.807, 2.05) is 0 Å². The number of phosphoric acid groups is 1. The molecule has 0 bridgehead atoms. The van der Waals surface area contributed by atoms with Crippen LogP contribution in [0.3, 0.4) is 0 Å². The predicted octanol–water partition coefficient (Wildman–Crippen LogP) is -0.274. The monoisotopic (exact) mass is 623 g/mol. The van der Waals surface area contributed by atoms with E-state index < -0.39 is 20.5 Å². The van der Waals surface area contributed by atoms with Gasteiger partial charge in [0.05, 0.1) is 21.0 Å². The summed E-state index contributed by atoms with van der Waals surface area (Å²) in [6.45, 7) is 3.78. The second-order valence-electron chi connectivity index (χ2n) is 10.5. The van der Waals surface area contributed by atoms with Crippen LogP contribution in [0.1, 0.15) is 142 Å². The van der Waals surface area contributed by atoms with Crippen LogP contribution in [0.4, 0.5) is 0 Å². The minimum absolute atomic E-state index is 0. The number of rotatable bonds is 31. The topological polar surface area (TPSA) is 137 Å². The van der Waals surface area contributed by atoms with Crippen LogP contribution in [-0.2, 0) is 28.2 Å². The molecule has 0 aliphatic carbocycles. The molecule has 0 heterocycles. The fraction of sp³-hybridized carbons (Fsp3) is 0.931. The molecule has 1 atom stereocenters. The van der Waals surface area contributed by atoms with Crippen molar-refractivity contribution >= 4 is 20.3 Å². The van der Waals surface area contributed by atoms with Gasteiger partial charge >= 0.3 is 65.1 Å². The van der Waals surface area contributed by atoms with E-state index in [1.165, 1.54) is 83.5 Å². The van der Waals surface area contributed by atoms with Crippen LogP contribution >= 0.6 is 7.82 Å². The first-order chi connectivity index (χ1) is 18.9. The second kappa shape index (κ2) is 35.5. The van der Waals surface area contributed by atoms with Gasteiger partial charge in [-0.25, -0.2) is 0 Å². The minimum atomic E-state index is -5.12. The summed E-state index contributed by atoms with van der Waals surface area (Å²) in [7, 11) is -5.12. The van der Waals surface area contributed by atoms with Crippen molar-refractivity contribution in [1.29, 1.82) is 0 Å². The molecule has 232 valence electrons. The smallest absolute Gasteiger partial charge is 0.790 e. The molecule has 0 aromatic heterocycles. The summed E-state index contributed by atoms with van der Waals surface area (Å²) in [6, 6.07) is 0. The number of esters is 1. The van der Waals surface area contributed by atoms with Crippen LogP contribution in [-0.4, -0.2) is 44.8 Å². The zero-order chi connectivity index (χ0) is 28.9. The van der Waals surface area contributed by atoms with E-state index >= 15 is 0 Å². The number of carbonyl (C=O) groups excluding carboxylic acids is 2. The van der Waals surface area contributed by atoms with Gasteiger partial charge in [-0.3, -0.25) is 9.59 Å². The fourth-order valence-electron chi connectivity index (χ4n) is 4.47. The summed E-state index contributed by atoms with van der Waals surface area (Å²) in [5.74, 6) is -0.382.